The highest BCUT2D eigenvalue weighted by Gasteiger charge is 2.38. The van der Waals surface area contributed by atoms with E-state index in [1.54, 1.807) is 11.8 Å². The number of amides is 2. The Balaban J connectivity index is 1.34. The lowest BCUT2D eigenvalue weighted by molar-refractivity contribution is -0.114. The van der Waals surface area contributed by atoms with E-state index in [1.165, 1.54) is 19.9 Å². The summed E-state index contributed by atoms with van der Waals surface area (Å²) in [7, 11) is 0. The van der Waals surface area contributed by atoms with Crippen molar-refractivity contribution >= 4 is 29.3 Å². The molecule has 3 atom stereocenters. The molecule has 0 aliphatic carbocycles. The van der Waals surface area contributed by atoms with E-state index < -0.39 is 0 Å². The summed E-state index contributed by atoms with van der Waals surface area (Å²) in [6.07, 6.45) is 1.20. The average Bonchev–Trinajstić information content (AvgIpc) is 3.26. The van der Waals surface area contributed by atoms with Crippen molar-refractivity contribution in [3.8, 4) is 0 Å². The van der Waals surface area contributed by atoms with E-state index in [9.17, 15) is 9.59 Å². The average molecular weight is 382 g/mol. The lowest BCUT2D eigenvalue weighted by Gasteiger charge is -2.23. The number of hydrogen-bond acceptors (Lipinski definition) is 4. The molecule has 0 aromatic heterocycles. The highest BCUT2D eigenvalue weighted by molar-refractivity contribution is 7.99. The summed E-state index contributed by atoms with van der Waals surface area (Å²) in [5.74, 6) is 0.557. The second-order valence-corrected chi connectivity index (χ2v) is 8.37. The summed E-state index contributed by atoms with van der Waals surface area (Å²) in [6, 6.07) is 15.7. The molecule has 2 N–H and O–H groups in total. The quantitative estimate of drug-likeness (QED) is 0.835. The van der Waals surface area contributed by atoms with Gasteiger partial charge in [0.05, 0.1) is 0 Å². The van der Waals surface area contributed by atoms with Gasteiger partial charge in [-0.3, -0.25) is 9.59 Å². The zero-order valence-electron chi connectivity index (χ0n) is 15.3. The van der Waals surface area contributed by atoms with Crippen molar-refractivity contribution in [2.24, 2.45) is 5.92 Å². The number of benzene rings is 2. The molecule has 2 bridgehead atoms. The monoisotopic (exact) mass is 381 g/mol. The van der Waals surface area contributed by atoms with Crippen LogP contribution < -0.4 is 10.6 Å². The fourth-order valence-electron chi connectivity index (χ4n) is 3.82. The third kappa shape index (κ3) is 4.34. The molecule has 0 radical (unpaired) electrons. The summed E-state index contributed by atoms with van der Waals surface area (Å²) < 4.78 is 0. The molecule has 0 spiro atoms. The lowest BCUT2D eigenvalue weighted by atomic mass is 9.99. The van der Waals surface area contributed by atoms with E-state index in [4.69, 9.17) is 0 Å². The number of carbonyl (C=O) groups excluding carboxylic acids is 2. The number of rotatable bonds is 5. The second kappa shape index (κ2) is 7.74. The first-order valence-corrected chi connectivity index (χ1v) is 10.1. The van der Waals surface area contributed by atoms with Crippen LogP contribution in [0.4, 0.5) is 5.69 Å². The smallest absolute Gasteiger partial charge is 0.251 e. The predicted octanol–water partition coefficient (Wildman–Crippen LogP) is 3.23. The van der Waals surface area contributed by atoms with E-state index in [-0.39, 0.29) is 11.8 Å². The Bertz CT molecular complexity index is 836. The minimum atomic E-state index is -0.0770. The van der Waals surface area contributed by atoms with E-state index in [1.807, 2.05) is 48.5 Å². The molecule has 5 nitrogen and oxygen atoms in total. The van der Waals surface area contributed by atoms with Crippen molar-refractivity contribution in [1.29, 1.82) is 0 Å². The van der Waals surface area contributed by atoms with Crippen molar-refractivity contribution in [2.45, 2.75) is 29.2 Å². The Morgan fingerprint density at radius 2 is 1.67 bits per heavy atom. The van der Waals surface area contributed by atoms with Crippen LogP contribution in [0.1, 0.15) is 23.7 Å². The van der Waals surface area contributed by atoms with E-state index >= 15 is 0 Å². The molecule has 2 saturated heterocycles. The molecule has 2 aliphatic rings. The van der Waals surface area contributed by atoms with Crippen LogP contribution in [0.5, 0.6) is 0 Å². The van der Waals surface area contributed by atoms with Crippen LogP contribution in [0.2, 0.25) is 0 Å². The number of hydrogen-bond donors (Lipinski definition) is 2. The molecule has 27 heavy (non-hydrogen) atoms. The highest BCUT2D eigenvalue weighted by atomic mass is 32.2. The number of anilines is 1. The van der Waals surface area contributed by atoms with E-state index in [0.717, 1.165) is 28.6 Å². The Kier molecular flexibility index (Phi) is 5.18. The van der Waals surface area contributed by atoms with Gasteiger partial charge in [0.2, 0.25) is 5.91 Å². The fraction of sp³-hybridized carbons (Fsp3) is 0.333. The molecule has 0 saturated carbocycles. The number of nitrogens with one attached hydrogen (secondary N) is 2. The first-order chi connectivity index (χ1) is 13.1. The van der Waals surface area contributed by atoms with Gasteiger partial charge in [-0.05, 0) is 67.4 Å². The van der Waals surface area contributed by atoms with Crippen molar-refractivity contribution in [3.63, 3.8) is 0 Å². The molecule has 2 fully saturated rings. The molecular weight excluding hydrogens is 358 g/mol. The van der Waals surface area contributed by atoms with E-state index in [0.29, 0.717) is 17.5 Å². The molecular formula is C21H23N3O2S. The molecule has 4 rings (SSSR count). The summed E-state index contributed by atoms with van der Waals surface area (Å²) in [5.41, 5.74) is 1.49. The van der Waals surface area contributed by atoms with Crippen LogP contribution >= 0.6 is 11.8 Å². The summed E-state index contributed by atoms with van der Waals surface area (Å²) in [4.78, 5) is 28.1. The second-order valence-electron chi connectivity index (χ2n) is 7.22. The number of piperidine rings is 1. The van der Waals surface area contributed by atoms with Crippen LogP contribution in [0.15, 0.2) is 58.3 Å². The highest BCUT2D eigenvalue weighted by Crippen LogP contribution is 2.30. The normalized spacial score (nSPS) is 23.2. The molecule has 140 valence electrons. The standard InChI is InChI=1S/C21H23N3O2S/c1-14(25)22-17-4-8-19(9-5-17)27-18-6-2-15(3-7-18)21(26)23-20-13-24-11-10-16(20)12-24/h2-9,16,20H,10-13H2,1H3,(H,22,25)(H,23,26)/t16-,20?/m0/s1. The maximum absolute atomic E-state index is 12.5. The van der Waals surface area contributed by atoms with Gasteiger partial charge in [0.1, 0.15) is 0 Å². The van der Waals surface area contributed by atoms with Gasteiger partial charge >= 0.3 is 0 Å². The van der Waals surface area contributed by atoms with Gasteiger partial charge in [0, 0.05) is 47.1 Å². The molecule has 2 amide bonds. The van der Waals surface area contributed by atoms with Gasteiger partial charge < -0.3 is 15.5 Å². The maximum atomic E-state index is 12.5. The molecule has 2 aromatic carbocycles. The van der Waals surface area contributed by atoms with Crippen LogP contribution in [-0.4, -0.2) is 42.4 Å². The zero-order chi connectivity index (χ0) is 18.8. The summed E-state index contributed by atoms with van der Waals surface area (Å²) in [5, 5.41) is 5.96. The Morgan fingerprint density at radius 1 is 1.00 bits per heavy atom. The molecule has 6 heteroatoms. The van der Waals surface area contributed by atoms with Crippen LogP contribution in [-0.2, 0) is 4.79 Å². The number of nitrogens with zero attached hydrogens (tertiary/aromatic N) is 1. The topological polar surface area (TPSA) is 61.4 Å². The van der Waals surface area contributed by atoms with Gasteiger partial charge in [0.15, 0.2) is 0 Å². The molecule has 2 heterocycles. The van der Waals surface area contributed by atoms with Gasteiger partial charge in [0.25, 0.3) is 5.91 Å². The van der Waals surface area contributed by atoms with Crippen molar-refractivity contribution in [1.82, 2.24) is 10.2 Å². The van der Waals surface area contributed by atoms with Crippen molar-refractivity contribution < 1.29 is 9.59 Å². The minimum absolute atomic E-state index is 0.0185. The number of carbonyl (C=O) groups is 2. The number of fused-ring (bicyclic) bond motifs is 2. The first-order valence-electron chi connectivity index (χ1n) is 9.25. The molecule has 2 aromatic rings. The van der Waals surface area contributed by atoms with E-state index in [2.05, 4.69) is 15.5 Å². The summed E-state index contributed by atoms with van der Waals surface area (Å²) >= 11 is 1.63. The zero-order valence-corrected chi connectivity index (χ0v) is 16.1. The SMILES string of the molecule is CC(=O)Nc1ccc(Sc2ccc(C(=O)NC3CN4CC[C@H]3C4)cc2)cc1. The Hall–Kier alpha value is -2.31. The summed E-state index contributed by atoms with van der Waals surface area (Å²) in [6.45, 7) is 4.78. The third-order valence-corrected chi connectivity index (χ3v) is 6.19. The van der Waals surface area contributed by atoms with Crippen LogP contribution in [0.25, 0.3) is 0 Å². The first kappa shape index (κ1) is 18.1. The van der Waals surface area contributed by atoms with Crippen molar-refractivity contribution in [2.75, 3.05) is 25.0 Å². The van der Waals surface area contributed by atoms with Gasteiger partial charge in [-0.2, -0.15) is 0 Å². The minimum Gasteiger partial charge on any atom is -0.348 e. The lowest BCUT2D eigenvalue weighted by Crippen LogP contribution is -2.43. The van der Waals surface area contributed by atoms with Crippen LogP contribution in [0, 0.1) is 5.92 Å². The Labute approximate surface area is 163 Å². The van der Waals surface area contributed by atoms with Crippen LogP contribution in [0.3, 0.4) is 0 Å². The van der Waals surface area contributed by atoms with Crippen molar-refractivity contribution in [3.05, 3.63) is 54.1 Å². The largest absolute Gasteiger partial charge is 0.348 e. The molecule has 2 aliphatic heterocycles. The van der Waals surface area contributed by atoms with Gasteiger partial charge in [-0.25, -0.2) is 0 Å². The van der Waals surface area contributed by atoms with Gasteiger partial charge in [-0.1, -0.05) is 11.8 Å². The molecule has 2 unspecified atom stereocenters. The maximum Gasteiger partial charge on any atom is 0.251 e. The fourth-order valence-corrected chi connectivity index (χ4v) is 4.64. The third-order valence-electron chi connectivity index (χ3n) is 5.18. The Morgan fingerprint density at radius 3 is 2.22 bits per heavy atom. The predicted molar refractivity (Wildman–Crippen MR) is 107 cm³/mol. The van der Waals surface area contributed by atoms with Gasteiger partial charge in [-0.15, -0.1) is 0 Å².